The van der Waals surface area contributed by atoms with E-state index in [1.807, 2.05) is 12.1 Å². The van der Waals surface area contributed by atoms with E-state index in [1.165, 1.54) is 0 Å². The summed E-state index contributed by atoms with van der Waals surface area (Å²) in [6.45, 7) is 0.402. The number of nitrogens with zero attached hydrogens (tertiary/aromatic N) is 2. The summed E-state index contributed by atoms with van der Waals surface area (Å²) in [7, 11) is 0. The summed E-state index contributed by atoms with van der Waals surface area (Å²) >= 11 is 5.94. The molecule has 0 aliphatic heterocycles. The summed E-state index contributed by atoms with van der Waals surface area (Å²) in [5, 5.41) is 17.1. The molecule has 1 aromatic carbocycles. The van der Waals surface area contributed by atoms with Crippen molar-refractivity contribution in [1.82, 2.24) is 15.5 Å². The number of hydrogen-bond acceptors (Lipinski definition) is 5. The molecule has 1 aromatic heterocycles. The van der Waals surface area contributed by atoms with Crippen LogP contribution in [0.5, 0.6) is 0 Å². The number of aliphatic hydroxyl groups excluding tert-OH is 1. The third-order valence-corrected chi connectivity index (χ3v) is 4.24. The summed E-state index contributed by atoms with van der Waals surface area (Å²) in [5.74, 6) is 0.525. The first-order chi connectivity index (χ1) is 11.1. The second kappa shape index (κ2) is 7.10. The van der Waals surface area contributed by atoms with Gasteiger partial charge in [-0.2, -0.15) is 4.98 Å². The lowest BCUT2D eigenvalue weighted by atomic mass is 10.1. The first-order valence-corrected chi connectivity index (χ1v) is 8.05. The van der Waals surface area contributed by atoms with Gasteiger partial charge in [0.1, 0.15) is 0 Å². The number of aliphatic hydroxyl groups is 1. The summed E-state index contributed by atoms with van der Waals surface area (Å²) in [5.41, 5.74) is 0.783. The van der Waals surface area contributed by atoms with Crippen molar-refractivity contribution in [1.29, 1.82) is 0 Å². The van der Waals surface area contributed by atoms with E-state index in [-0.39, 0.29) is 11.8 Å². The van der Waals surface area contributed by atoms with Crippen LogP contribution in [0, 0.1) is 5.92 Å². The molecule has 0 saturated heterocycles. The molecule has 3 rings (SSSR count). The van der Waals surface area contributed by atoms with Crippen LogP contribution >= 0.6 is 11.6 Å². The maximum atomic E-state index is 12.0. The van der Waals surface area contributed by atoms with E-state index in [1.54, 1.807) is 12.1 Å². The molecule has 0 radical (unpaired) electrons. The van der Waals surface area contributed by atoms with Crippen LogP contribution in [-0.4, -0.2) is 33.8 Å². The second-order valence-corrected chi connectivity index (χ2v) is 6.10. The van der Waals surface area contributed by atoms with Gasteiger partial charge in [-0.3, -0.25) is 4.79 Å². The van der Waals surface area contributed by atoms with Gasteiger partial charge in [0.2, 0.25) is 17.6 Å². The molecule has 0 spiro atoms. The van der Waals surface area contributed by atoms with Gasteiger partial charge < -0.3 is 14.9 Å². The highest BCUT2D eigenvalue weighted by Gasteiger charge is 2.31. The predicted molar refractivity (Wildman–Crippen MR) is 84.8 cm³/mol. The fourth-order valence-corrected chi connectivity index (χ4v) is 2.96. The first-order valence-electron chi connectivity index (χ1n) is 7.68. The van der Waals surface area contributed by atoms with Crippen LogP contribution in [0.15, 0.2) is 28.8 Å². The Kier molecular flexibility index (Phi) is 4.93. The van der Waals surface area contributed by atoms with Crippen molar-refractivity contribution in [3.8, 4) is 11.4 Å². The second-order valence-electron chi connectivity index (χ2n) is 5.67. The maximum absolute atomic E-state index is 12.0. The van der Waals surface area contributed by atoms with Crippen molar-refractivity contribution >= 4 is 17.5 Å². The zero-order chi connectivity index (χ0) is 16.2. The van der Waals surface area contributed by atoms with E-state index in [9.17, 15) is 9.90 Å². The van der Waals surface area contributed by atoms with Crippen molar-refractivity contribution in [2.45, 2.75) is 31.8 Å². The lowest BCUT2D eigenvalue weighted by molar-refractivity contribution is -0.127. The van der Waals surface area contributed by atoms with E-state index in [2.05, 4.69) is 15.5 Å². The number of benzene rings is 1. The Hall–Kier alpha value is -1.92. The van der Waals surface area contributed by atoms with Crippen molar-refractivity contribution in [3.05, 3.63) is 35.2 Å². The number of rotatable bonds is 5. The van der Waals surface area contributed by atoms with Crippen molar-refractivity contribution in [2.75, 3.05) is 6.54 Å². The molecule has 1 amide bonds. The van der Waals surface area contributed by atoms with Crippen LogP contribution in [0.1, 0.15) is 25.2 Å². The molecule has 2 aromatic rings. The van der Waals surface area contributed by atoms with Gasteiger partial charge in [0.25, 0.3) is 0 Å². The Morgan fingerprint density at radius 1 is 1.43 bits per heavy atom. The molecule has 1 fully saturated rings. The van der Waals surface area contributed by atoms with Crippen LogP contribution in [-0.2, 0) is 11.2 Å². The zero-order valence-electron chi connectivity index (χ0n) is 12.5. The van der Waals surface area contributed by atoms with E-state index >= 15 is 0 Å². The average Bonchev–Trinajstić information content (AvgIpc) is 3.16. The highest BCUT2D eigenvalue weighted by molar-refractivity contribution is 6.30. The third kappa shape index (κ3) is 3.89. The van der Waals surface area contributed by atoms with Gasteiger partial charge in [0, 0.05) is 23.6 Å². The van der Waals surface area contributed by atoms with Gasteiger partial charge in [0.05, 0.1) is 12.0 Å². The molecule has 23 heavy (non-hydrogen) atoms. The van der Waals surface area contributed by atoms with E-state index in [4.69, 9.17) is 16.1 Å². The number of nitrogens with one attached hydrogen (secondary N) is 1. The number of hydrogen-bond donors (Lipinski definition) is 2. The summed E-state index contributed by atoms with van der Waals surface area (Å²) in [6.07, 6.45) is 2.26. The van der Waals surface area contributed by atoms with E-state index in [0.29, 0.717) is 36.1 Å². The fourth-order valence-electron chi connectivity index (χ4n) is 2.77. The quantitative estimate of drug-likeness (QED) is 0.874. The molecule has 2 N–H and O–H groups in total. The number of amides is 1. The van der Waals surface area contributed by atoms with Gasteiger partial charge in [-0.15, -0.1) is 0 Å². The lowest BCUT2D eigenvalue weighted by Crippen LogP contribution is -2.35. The zero-order valence-corrected chi connectivity index (χ0v) is 13.3. The molecule has 1 saturated carbocycles. The molecular weight excluding hydrogens is 318 g/mol. The van der Waals surface area contributed by atoms with Crippen molar-refractivity contribution in [3.63, 3.8) is 0 Å². The molecule has 1 aliphatic carbocycles. The van der Waals surface area contributed by atoms with Gasteiger partial charge in [0.15, 0.2) is 0 Å². The largest absolute Gasteiger partial charge is 0.392 e. The monoisotopic (exact) mass is 335 g/mol. The van der Waals surface area contributed by atoms with Crippen LogP contribution < -0.4 is 5.32 Å². The van der Waals surface area contributed by atoms with E-state index in [0.717, 1.165) is 18.4 Å². The summed E-state index contributed by atoms with van der Waals surface area (Å²) < 4.78 is 5.18. The Balaban J connectivity index is 1.52. The van der Waals surface area contributed by atoms with Crippen LogP contribution in [0.2, 0.25) is 5.02 Å². The predicted octanol–water partition coefficient (Wildman–Crippen LogP) is 2.21. The van der Waals surface area contributed by atoms with Gasteiger partial charge in [-0.1, -0.05) is 28.9 Å². The minimum Gasteiger partial charge on any atom is -0.392 e. The van der Waals surface area contributed by atoms with Crippen LogP contribution in [0.25, 0.3) is 11.4 Å². The third-order valence-electron chi connectivity index (χ3n) is 4.01. The normalized spacial score (nSPS) is 20.6. The molecule has 6 nitrogen and oxygen atoms in total. The number of carbonyl (C=O) groups is 1. The highest BCUT2D eigenvalue weighted by Crippen LogP contribution is 2.25. The molecular formula is C16H18ClN3O3. The molecule has 1 aliphatic rings. The standard InChI is InChI=1S/C16H18ClN3O3/c17-11-4-1-3-10(9-11)15-19-14(23-20-15)7-8-18-16(22)12-5-2-6-13(12)21/h1,3-4,9,12-13,21H,2,5-8H2,(H,18,22). The van der Waals surface area contributed by atoms with Crippen molar-refractivity contribution in [2.24, 2.45) is 5.92 Å². The molecule has 7 heteroatoms. The Bertz CT molecular complexity index is 689. The smallest absolute Gasteiger partial charge is 0.228 e. The van der Waals surface area contributed by atoms with Gasteiger partial charge >= 0.3 is 0 Å². The number of carbonyl (C=O) groups excluding carboxylic acids is 1. The Morgan fingerprint density at radius 3 is 3.04 bits per heavy atom. The fraction of sp³-hybridized carbons (Fsp3) is 0.438. The number of halogens is 1. The lowest BCUT2D eigenvalue weighted by Gasteiger charge is -2.13. The SMILES string of the molecule is O=C(NCCc1nc(-c2cccc(Cl)c2)no1)C1CCCC1O. The number of aromatic nitrogens is 2. The summed E-state index contributed by atoms with van der Waals surface area (Å²) in [6, 6.07) is 7.21. The average molecular weight is 336 g/mol. The Morgan fingerprint density at radius 2 is 2.30 bits per heavy atom. The van der Waals surface area contributed by atoms with Gasteiger partial charge in [-0.05, 0) is 31.4 Å². The highest BCUT2D eigenvalue weighted by atomic mass is 35.5. The minimum atomic E-state index is -0.521. The Labute approximate surface area is 138 Å². The van der Waals surface area contributed by atoms with Crippen molar-refractivity contribution < 1.29 is 14.4 Å². The van der Waals surface area contributed by atoms with Crippen LogP contribution in [0.3, 0.4) is 0 Å². The minimum absolute atomic E-state index is 0.107. The molecule has 2 atom stereocenters. The van der Waals surface area contributed by atoms with E-state index < -0.39 is 6.10 Å². The molecule has 122 valence electrons. The molecule has 2 unspecified atom stereocenters. The van der Waals surface area contributed by atoms with Gasteiger partial charge in [-0.25, -0.2) is 0 Å². The first kappa shape index (κ1) is 16.0. The molecule has 0 bridgehead atoms. The maximum Gasteiger partial charge on any atom is 0.228 e. The molecule has 1 heterocycles. The summed E-state index contributed by atoms with van der Waals surface area (Å²) in [4.78, 5) is 16.3. The van der Waals surface area contributed by atoms with Crippen LogP contribution in [0.4, 0.5) is 0 Å². The topological polar surface area (TPSA) is 88.3 Å².